The van der Waals surface area contributed by atoms with Crippen LogP contribution in [-0.4, -0.2) is 71.2 Å². The average Bonchev–Trinajstić information content (AvgIpc) is 3.37. The van der Waals surface area contributed by atoms with Gasteiger partial charge in [0, 0.05) is 30.7 Å². The minimum absolute atomic E-state index is 0.226. The van der Waals surface area contributed by atoms with Gasteiger partial charge >= 0.3 is 6.03 Å². The number of halogens is 1. The van der Waals surface area contributed by atoms with Crippen molar-refractivity contribution in [2.45, 2.75) is 12.5 Å². The van der Waals surface area contributed by atoms with Crippen molar-refractivity contribution in [3.8, 4) is 0 Å². The molecule has 1 N–H and O–H groups in total. The van der Waals surface area contributed by atoms with Crippen LogP contribution >= 0.6 is 15.9 Å². The number of furan rings is 1. The third kappa shape index (κ3) is 3.95. The highest BCUT2D eigenvalue weighted by atomic mass is 79.9. The first kappa shape index (κ1) is 21.1. The number of amides is 5. The van der Waals surface area contributed by atoms with Crippen molar-refractivity contribution in [2.24, 2.45) is 0 Å². The van der Waals surface area contributed by atoms with Gasteiger partial charge in [0.1, 0.15) is 12.1 Å². The lowest BCUT2D eigenvalue weighted by Crippen LogP contribution is -2.53. The van der Waals surface area contributed by atoms with E-state index in [4.69, 9.17) is 4.42 Å². The Bertz CT molecular complexity index is 1030. The van der Waals surface area contributed by atoms with Gasteiger partial charge < -0.3 is 19.5 Å². The highest BCUT2D eigenvalue weighted by molar-refractivity contribution is 9.10. The van der Waals surface area contributed by atoms with Crippen molar-refractivity contribution in [3.63, 3.8) is 0 Å². The molecule has 0 bridgehead atoms. The Morgan fingerprint density at radius 2 is 1.81 bits per heavy atom. The van der Waals surface area contributed by atoms with Gasteiger partial charge in [-0.1, -0.05) is 28.1 Å². The van der Waals surface area contributed by atoms with Crippen molar-refractivity contribution >= 4 is 39.7 Å². The summed E-state index contributed by atoms with van der Waals surface area (Å²) in [4.78, 5) is 54.8. The van der Waals surface area contributed by atoms with Gasteiger partial charge in [0.2, 0.25) is 5.91 Å². The second-order valence-corrected chi connectivity index (χ2v) is 8.52. The number of rotatable bonds is 4. The predicted octanol–water partition coefficient (Wildman–Crippen LogP) is 1.79. The average molecular weight is 489 g/mol. The number of hydrogen-bond acceptors (Lipinski definition) is 5. The molecule has 0 saturated carbocycles. The standard InChI is InChI=1S/C21H21BrN4O5/c1-21(14-4-2-5-15(22)12-14)19(29)26(20(30)23-21)13-17(27)24-7-9-25(10-8-24)18(28)16-6-3-11-31-16/h2-6,11-12H,7-10,13H2,1H3,(H,23,30). The topological polar surface area (TPSA) is 103 Å². The summed E-state index contributed by atoms with van der Waals surface area (Å²) in [6.45, 7) is 2.61. The van der Waals surface area contributed by atoms with Crippen molar-refractivity contribution in [3.05, 3.63) is 58.5 Å². The first-order valence-corrected chi connectivity index (χ1v) is 10.6. The third-order valence-corrected chi connectivity index (χ3v) is 6.12. The normalized spacial score (nSPS) is 21.4. The highest BCUT2D eigenvalue weighted by Gasteiger charge is 2.49. The fourth-order valence-corrected chi connectivity index (χ4v) is 4.19. The molecule has 1 atom stereocenters. The molecule has 4 rings (SSSR count). The van der Waals surface area contributed by atoms with Crippen molar-refractivity contribution in [1.82, 2.24) is 20.0 Å². The van der Waals surface area contributed by atoms with Crippen LogP contribution in [0.25, 0.3) is 0 Å². The van der Waals surface area contributed by atoms with Crippen molar-refractivity contribution < 1.29 is 23.6 Å². The maximum atomic E-state index is 13.0. The van der Waals surface area contributed by atoms with Crippen LogP contribution in [0.15, 0.2) is 51.6 Å². The van der Waals surface area contributed by atoms with Gasteiger partial charge in [-0.2, -0.15) is 0 Å². The van der Waals surface area contributed by atoms with Gasteiger partial charge in [0.05, 0.1) is 6.26 Å². The number of piperazine rings is 1. The van der Waals surface area contributed by atoms with E-state index in [-0.39, 0.29) is 24.1 Å². The maximum Gasteiger partial charge on any atom is 0.325 e. The number of nitrogens with zero attached hydrogens (tertiary/aromatic N) is 3. The number of nitrogens with one attached hydrogen (secondary N) is 1. The molecule has 2 aliphatic rings. The molecule has 1 aromatic heterocycles. The molecule has 5 amide bonds. The van der Waals surface area contributed by atoms with E-state index in [1.165, 1.54) is 6.26 Å². The van der Waals surface area contributed by atoms with Crippen molar-refractivity contribution in [2.75, 3.05) is 32.7 Å². The first-order chi connectivity index (χ1) is 14.8. The molecule has 2 aliphatic heterocycles. The molecule has 0 spiro atoms. The second-order valence-electron chi connectivity index (χ2n) is 7.61. The van der Waals surface area contributed by atoms with E-state index in [1.807, 2.05) is 6.07 Å². The molecule has 2 saturated heterocycles. The van der Waals surface area contributed by atoms with Gasteiger partial charge in [0.15, 0.2) is 5.76 Å². The Hall–Kier alpha value is -3.14. The summed E-state index contributed by atoms with van der Waals surface area (Å²) >= 11 is 3.37. The van der Waals surface area contributed by atoms with E-state index in [1.54, 1.807) is 47.1 Å². The zero-order valence-electron chi connectivity index (χ0n) is 16.8. The van der Waals surface area contributed by atoms with Crippen LogP contribution in [-0.2, 0) is 15.1 Å². The van der Waals surface area contributed by atoms with Gasteiger partial charge in [-0.15, -0.1) is 0 Å². The zero-order chi connectivity index (χ0) is 22.2. The van der Waals surface area contributed by atoms with Gasteiger partial charge in [-0.05, 0) is 36.8 Å². The van der Waals surface area contributed by atoms with E-state index >= 15 is 0 Å². The van der Waals surface area contributed by atoms with Crippen LogP contribution in [0, 0.1) is 0 Å². The van der Waals surface area contributed by atoms with Crippen LogP contribution in [0.5, 0.6) is 0 Å². The molecule has 2 fully saturated rings. The van der Waals surface area contributed by atoms with Crippen molar-refractivity contribution in [1.29, 1.82) is 0 Å². The molecule has 0 aliphatic carbocycles. The Morgan fingerprint density at radius 1 is 1.10 bits per heavy atom. The fraction of sp³-hybridized carbons (Fsp3) is 0.333. The molecule has 1 aromatic carbocycles. The molecule has 10 heteroatoms. The van der Waals surface area contributed by atoms with E-state index in [2.05, 4.69) is 21.2 Å². The third-order valence-electron chi connectivity index (χ3n) is 5.62. The molecule has 31 heavy (non-hydrogen) atoms. The lowest BCUT2D eigenvalue weighted by atomic mass is 9.92. The summed E-state index contributed by atoms with van der Waals surface area (Å²) in [6.07, 6.45) is 1.44. The Morgan fingerprint density at radius 3 is 2.45 bits per heavy atom. The summed E-state index contributed by atoms with van der Waals surface area (Å²) in [5.74, 6) is -0.787. The second kappa shape index (κ2) is 8.18. The Kier molecular flexibility index (Phi) is 5.57. The molecule has 0 radical (unpaired) electrons. The van der Waals surface area contributed by atoms with Crippen LogP contribution in [0.3, 0.4) is 0 Å². The number of carbonyl (C=O) groups excluding carboxylic acids is 4. The van der Waals surface area contributed by atoms with E-state index in [0.717, 1.165) is 9.37 Å². The quantitative estimate of drug-likeness (QED) is 0.660. The molecule has 1 unspecified atom stereocenters. The minimum atomic E-state index is -1.24. The van der Waals surface area contributed by atoms with E-state index in [0.29, 0.717) is 31.7 Å². The molecule has 162 valence electrons. The van der Waals surface area contributed by atoms with Gasteiger partial charge in [-0.3, -0.25) is 19.3 Å². The molecule has 3 heterocycles. The predicted molar refractivity (Wildman–Crippen MR) is 113 cm³/mol. The summed E-state index contributed by atoms with van der Waals surface area (Å²) in [5, 5.41) is 2.70. The number of benzene rings is 1. The Labute approximate surface area is 187 Å². The Balaban J connectivity index is 1.38. The van der Waals surface area contributed by atoms with Crippen LogP contribution in [0.2, 0.25) is 0 Å². The number of urea groups is 1. The number of hydrogen-bond donors (Lipinski definition) is 1. The SMILES string of the molecule is CC1(c2cccc(Br)c2)NC(=O)N(CC(=O)N2CCN(C(=O)c3ccco3)CC2)C1=O. The first-order valence-electron chi connectivity index (χ1n) is 9.80. The lowest BCUT2D eigenvalue weighted by Gasteiger charge is -2.34. The lowest BCUT2D eigenvalue weighted by molar-refractivity contribution is -0.139. The minimum Gasteiger partial charge on any atom is -0.459 e. The maximum absolute atomic E-state index is 13.0. The molecule has 9 nitrogen and oxygen atoms in total. The largest absolute Gasteiger partial charge is 0.459 e. The summed E-state index contributed by atoms with van der Waals surface area (Å²) < 4.78 is 5.92. The monoisotopic (exact) mass is 488 g/mol. The van der Waals surface area contributed by atoms with Gasteiger partial charge in [0.25, 0.3) is 11.8 Å². The molecular weight excluding hydrogens is 468 g/mol. The van der Waals surface area contributed by atoms with E-state index in [9.17, 15) is 19.2 Å². The fourth-order valence-electron chi connectivity index (χ4n) is 3.79. The summed E-state index contributed by atoms with van der Waals surface area (Å²) in [5.41, 5.74) is -0.616. The van der Waals surface area contributed by atoms with E-state index < -0.39 is 17.5 Å². The number of carbonyl (C=O) groups is 4. The smallest absolute Gasteiger partial charge is 0.325 e. The van der Waals surface area contributed by atoms with Gasteiger partial charge in [-0.25, -0.2) is 4.79 Å². The zero-order valence-corrected chi connectivity index (χ0v) is 18.4. The number of imide groups is 1. The van der Waals surface area contributed by atoms with Crippen LogP contribution < -0.4 is 5.32 Å². The molecular formula is C21H21BrN4O5. The van der Waals surface area contributed by atoms with Crippen LogP contribution in [0.1, 0.15) is 23.0 Å². The summed E-state index contributed by atoms with van der Waals surface area (Å²) in [7, 11) is 0. The molecule has 2 aromatic rings. The van der Waals surface area contributed by atoms with Crippen LogP contribution in [0.4, 0.5) is 4.79 Å². The summed E-state index contributed by atoms with van der Waals surface area (Å²) in [6, 6.07) is 9.76. The highest BCUT2D eigenvalue weighted by Crippen LogP contribution is 2.30.